The van der Waals surface area contributed by atoms with Gasteiger partial charge in [-0.1, -0.05) is 12.8 Å². The largest absolute Gasteiger partial charge is 0.482 e. The Morgan fingerprint density at radius 2 is 2.17 bits per heavy atom. The van der Waals surface area contributed by atoms with Gasteiger partial charge in [0.05, 0.1) is 18.8 Å². The van der Waals surface area contributed by atoms with E-state index in [0.717, 1.165) is 25.7 Å². The molecule has 1 aliphatic heterocycles. The molecule has 0 radical (unpaired) electrons. The normalized spacial score (nSPS) is 24.4. The molecule has 3 rings (SSSR count). The van der Waals surface area contributed by atoms with Crippen LogP contribution in [0.4, 0.5) is 13.2 Å². The van der Waals surface area contributed by atoms with Gasteiger partial charge in [0, 0.05) is 12.7 Å². The number of ether oxygens (including phenoxy) is 2. The first kappa shape index (κ1) is 17.0. The summed E-state index contributed by atoms with van der Waals surface area (Å²) in [5, 5.41) is 0. The molecule has 24 heavy (non-hydrogen) atoms. The van der Waals surface area contributed by atoms with Gasteiger partial charge in [-0.3, -0.25) is 4.79 Å². The van der Waals surface area contributed by atoms with Crippen molar-refractivity contribution in [1.29, 1.82) is 0 Å². The van der Waals surface area contributed by atoms with Crippen LogP contribution in [0.15, 0.2) is 18.3 Å². The van der Waals surface area contributed by atoms with E-state index in [2.05, 4.69) is 4.98 Å². The quantitative estimate of drug-likeness (QED) is 0.846. The van der Waals surface area contributed by atoms with E-state index in [9.17, 15) is 18.0 Å². The van der Waals surface area contributed by atoms with Crippen LogP contribution in [0.25, 0.3) is 0 Å². The Labute approximate surface area is 137 Å². The van der Waals surface area contributed by atoms with Gasteiger partial charge in [0.25, 0.3) is 5.91 Å². The monoisotopic (exact) mass is 344 g/mol. The van der Waals surface area contributed by atoms with Crippen LogP contribution in [0, 0.1) is 0 Å². The van der Waals surface area contributed by atoms with Gasteiger partial charge in [0.1, 0.15) is 0 Å². The van der Waals surface area contributed by atoms with Crippen LogP contribution in [0.2, 0.25) is 0 Å². The minimum atomic E-state index is -4.47. The lowest BCUT2D eigenvalue weighted by molar-refractivity contribution is -0.153. The van der Waals surface area contributed by atoms with Crippen molar-refractivity contribution in [3.63, 3.8) is 0 Å². The number of carbonyl (C=O) groups is 1. The SMILES string of the molecule is O=C(c1ncccc1OCC(F)(F)F)N1CCOC2CCCCC21. The lowest BCUT2D eigenvalue weighted by Gasteiger charge is -2.43. The smallest absolute Gasteiger partial charge is 0.422 e. The number of morpholine rings is 1. The van der Waals surface area contributed by atoms with Crippen molar-refractivity contribution in [2.45, 2.75) is 44.0 Å². The molecule has 1 aliphatic carbocycles. The van der Waals surface area contributed by atoms with Gasteiger partial charge in [-0.15, -0.1) is 0 Å². The van der Waals surface area contributed by atoms with E-state index in [4.69, 9.17) is 9.47 Å². The summed E-state index contributed by atoms with van der Waals surface area (Å²) in [4.78, 5) is 18.5. The van der Waals surface area contributed by atoms with E-state index < -0.39 is 18.7 Å². The summed E-state index contributed by atoms with van der Waals surface area (Å²) in [6, 6.07) is 2.74. The summed E-state index contributed by atoms with van der Waals surface area (Å²) in [6.07, 6.45) is 0.715. The van der Waals surface area contributed by atoms with E-state index in [1.807, 2.05) is 0 Å². The number of fused-ring (bicyclic) bond motifs is 1. The number of nitrogens with zero attached hydrogens (tertiary/aromatic N) is 2. The number of hydrogen-bond donors (Lipinski definition) is 0. The number of carbonyl (C=O) groups excluding carboxylic acids is 1. The van der Waals surface area contributed by atoms with Crippen LogP contribution in [-0.2, 0) is 4.74 Å². The second-order valence-corrected chi connectivity index (χ2v) is 6.01. The van der Waals surface area contributed by atoms with Crippen LogP contribution in [0.3, 0.4) is 0 Å². The number of rotatable bonds is 3. The lowest BCUT2D eigenvalue weighted by Crippen LogP contribution is -2.55. The molecule has 0 bridgehead atoms. The molecule has 2 unspecified atom stereocenters. The molecule has 132 valence electrons. The average Bonchev–Trinajstić information content (AvgIpc) is 2.58. The Kier molecular flexibility index (Phi) is 4.93. The molecule has 2 atom stereocenters. The fraction of sp³-hybridized carbons (Fsp3) is 0.625. The lowest BCUT2D eigenvalue weighted by atomic mass is 9.90. The number of pyridine rings is 1. The highest BCUT2D eigenvalue weighted by atomic mass is 19.4. The summed E-state index contributed by atoms with van der Waals surface area (Å²) in [7, 11) is 0. The van der Waals surface area contributed by atoms with Crippen LogP contribution in [-0.4, -0.2) is 53.9 Å². The standard InChI is InChI=1S/C16H19F3N2O3/c17-16(18,19)10-24-13-6-3-7-20-14(13)15(22)21-8-9-23-12-5-2-1-4-11(12)21/h3,6-7,11-12H,1-2,4-5,8-10H2. The van der Waals surface area contributed by atoms with Crippen LogP contribution in [0.5, 0.6) is 5.75 Å². The minimum Gasteiger partial charge on any atom is -0.482 e. The zero-order valence-electron chi connectivity index (χ0n) is 13.1. The van der Waals surface area contributed by atoms with Gasteiger partial charge < -0.3 is 14.4 Å². The Morgan fingerprint density at radius 3 is 2.96 bits per heavy atom. The summed E-state index contributed by atoms with van der Waals surface area (Å²) in [5.74, 6) is -0.536. The highest BCUT2D eigenvalue weighted by Crippen LogP contribution is 2.30. The molecule has 1 amide bonds. The number of amides is 1. The maximum Gasteiger partial charge on any atom is 0.422 e. The maximum absolute atomic E-state index is 12.8. The van der Waals surface area contributed by atoms with Gasteiger partial charge in [0.15, 0.2) is 18.1 Å². The van der Waals surface area contributed by atoms with E-state index in [1.54, 1.807) is 4.90 Å². The van der Waals surface area contributed by atoms with Crippen LogP contribution in [0.1, 0.15) is 36.2 Å². The van der Waals surface area contributed by atoms with Crippen molar-refractivity contribution in [2.75, 3.05) is 19.8 Å². The van der Waals surface area contributed by atoms with E-state index in [0.29, 0.717) is 13.2 Å². The van der Waals surface area contributed by atoms with Crippen molar-refractivity contribution in [2.24, 2.45) is 0 Å². The highest BCUT2D eigenvalue weighted by Gasteiger charge is 2.38. The molecule has 0 aromatic carbocycles. The Bertz CT molecular complexity index is 592. The van der Waals surface area contributed by atoms with Crippen molar-refractivity contribution in [3.8, 4) is 5.75 Å². The summed E-state index contributed by atoms with van der Waals surface area (Å²) >= 11 is 0. The second-order valence-electron chi connectivity index (χ2n) is 6.01. The topological polar surface area (TPSA) is 51.7 Å². The molecule has 0 spiro atoms. The Morgan fingerprint density at radius 1 is 1.38 bits per heavy atom. The predicted octanol–water partition coefficient (Wildman–Crippen LogP) is 2.81. The first-order valence-corrected chi connectivity index (χ1v) is 8.03. The van der Waals surface area contributed by atoms with E-state index in [-0.39, 0.29) is 23.6 Å². The molecule has 1 aromatic heterocycles. The molecule has 0 N–H and O–H groups in total. The molecular weight excluding hydrogens is 325 g/mol. The summed E-state index contributed by atoms with van der Waals surface area (Å²) < 4.78 is 47.7. The van der Waals surface area contributed by atoms with Crippen molar-refractivity contribution < 1.29 is 27.4 Å². The van der Waals surface area contributed by atoms with Crippen molar-refractivity contribution >= 4 is 5.91 Å². The number of alkyl halides is 3. The molecular formula is C16H19F3N2O3. The maximum atomic E-state index is 12.8. The fourth-order valence-corrected chi connectivity index (χ4v) is 3.31. The predicted molar refractivity (Wildman–Crippen MR) is 78.8 cm³/mol. The highest BCUT2D eigenvalue weighted by molar-refractivity contribution is 5.95. The Balaban J connectivity index is 1.79. The molecule has 2 heterocycles. The first-order chi connectivity index (χ1) is 11.5. The fourth-order valence-electron chi connectivity index (χ4n) is 3.31. The van der Waals surface area contributed by atoms with Crippen molar-refractivity contribution in [1.82, 2.24) is 9.88 Å². The van der Waals surface area contributed by atoms with Gasteiger partial charge in [-0.25, -0.2) is 4.98 Å². The third-order valence-corrected chi connectivity index (χ3v) is 4.36. The van der Waals surface area contributed by atoms with Crippen molar-refractivity contribution in [3.05, 3.63) is 24.0 Å². The Hall–Kier alpha value is -1.83. The summed E-state index contributed by atoms with van der Waals surface area (Å²) in [6.45, 7) is -0.609. The van der Waals surface area contributed by atoms with E-state index >= 15 is 0 Å². The molecule has 1 saturated heterocycles. The third-order valence-electron chi connectivity index (χ3n) is 4.36. The number of aromatic nitrogens is 1. The average molecular weight is 344 g/mol. The molecule has 8 heteroatoms. The molecule has 2 aliphatic rings. The van der Waals surface area contributed by atoms with Crippen LogP contribution < -0.4 is 4.74 Å². The van der Waals surface area contributed by atoms with Gasteiger partial charge in [-0.2, -0.15) is 13.2 Å². The zero-order chi connectivity index (χ0) is 17.2. The zero-order valence-corrected chi connectivity index (χ0v) is 13.1. The number of hydrogen-bond acceptors (Lipinski definition) is 4. The summed E-state index contributed by atoms with van der Waals surface area (Å²) in [5.41, 5.74) is -0.0760. The molecule has 5 nitrogen and oxygen atoms in total. The first-order valence-electron chi connectivity index (χ1n) is 8.03. The van der Waals surface area contributed by atoms with E-state index in [1.165, 1.54) is 18.3 Å². The third kappa shape index (κ3) is 3.80. The number of halogens is 3. The molecule has 2 fully saturated rings. The van der Waals surface area contributed by atoms with Gasteiger partial charge in [0.2, 0.25) is 0 Å². The molecule has 1 saturated carbocycles. The van der Waals surface area contributed by atoms with Gasteiger partial charge >= 0.3 is 6.18 Å². The van der Waals surface area contributed by atoms with Gasteiger partial charge in [-0.05, 0) is 25.0 Å². The van der Waals surface area contributed by atoms with Crippen LogP contribution >= 0.6 is 0 Å². The second kappa shape index (κ2) is 6.96. The minimum absolute atomic E-state index is 0.000272. The molecule has 1 aromatic rings.